The van der Waals surface area contributed by atoms with Crippen molar-refractivity contribution >= 4 is 32.7 Å². The van der Waals surface area contributed by atoms with E-state index in [0.29, 0.717) is 11.1 Å². The van der Waals surface area contributed by atoms with Crippen LogP contribution in [-0.4, -0.2) is 34.2 Å². The van der Waals surface area contributed by atoms with Gasteiger partial charge in [-0.1, -0.05) is 59.1 Å². The number of sulfonamides is 1. The number of halogens is 4. The van der Waals surface area contributed by atoms with Gasteiger partial charge in [0, 0.05) is 16.9 Å². The van der Waals surface area contributed by atoms with E-state index in [-0.39, 0.29) is 27.5 Å². The van der Waals surface area contributed by atoms with Gasteiger partial charge in [0.2, 0.25) is 15.8 Å². The molecule has 0 aliphatic rings. The summed E-state index contributed by atoms with van der Waals surface area (Å²) in [6.07, 6.45) is -4.86. The summed E-state index contributed by atoms with van der Waals surface area (Å²) in [5, 5.41) is -0.476. The van der Waals surface area contributed by atoms with Crippen molar-refractivity contribution < 1.29 is 30.4 Å². The average Bonchev–Trinajstić information content (AvgIpc) is 2.73. The second kappa shape index (κ2) is 9.24. The van der Waals surface area contributed by atoms with Crippen LogP contribution in [-0.2, 0) is 33.0 Å². The monoisotopic (exact) mass is 504 g/mol. The van der Waals surface area contributed by atoms with Crippen LogP contribution in [0, 0.1) is 0 Å². The van der Waals surface area contributed by atoms with Gasteiger partial charge in [-0.05, 0) is 30.3 Å². The minimum Gasteiger partial charge on any atom is -0.772 e. The van der Waals surface area contributed by atoms with Crippen molar-refractivity contribution in [1.29, 1.82) is 0 Å². The molecule has 2 aromatic carbocycles. The Hall–Kier alpha value is -2.38. The van der Waals surface area contributed by atoms with Crippen molar-refractivity contribution in [3.8, 4) is 22.4 Å². The predicted octanol–water partition coefficient (Wildman–Crippen LogP) is 3.77. The zero-order valence-corrected chi connectivity index (χ0v) is 18.6. The first-order valence-electron chi connectivity index (χ1n) is 8.76. The van der Waals surface area contributed by atoms with E-state index >= 15 is 0 Å². The molecule has 32 heavy (non-hydrogen) atoms. The second-order valence-corrected chi connectivity index (χ2v) is 9.58. The van der Waals surface area contributed by atoms with E-state index in [1.807, 2.05) is 0 Å². The van der Waals surface area contributed by atoms with Crippen LogP contribution in [0.1, 0.15) is 11.4 Å². The third-order valence-electron chi connectivity index (χ3n) is 4.35. The Bertz CT molecular complexity index is 1270. The lowest BCUT2D eigenvalue weighted by molar-refractivity contribution is -0.144. The number of benzene rings is 2. The summed E-state index contributed by atoms with van der Waals surface area (Å²) in [6.45, 7) is 0. The lowest BCUT2D eigenvalue weighted by Crippen LogP contribution is -2.18. The maximum absolute atomic E-state index is 13.3. The van der Waals surface area contributed by atoms with Crippen LogP contribution in [0.4, 0.5) is 13.2 Å². The fourth-order valence-electron chi connectivity index (χ4n) is 2.84. The smallest absolute Gasteiger partial charge is 0.451 e. The first-order valence-corrected chi connectivity index (χ1v) is 11.9. The van der Waals surface area contributed by atoms with Gasteiger partial charge in [0.25, 0.3) is 0 Å². The number of hydrogen-bond acceptors (Lipinski definition) is 6. The quantitative estimate of drug-likeness (QED) is 0.404. The highest BCUT2D eigenvalue weighted by Crippen LogP contribution is 2.38. The van der Waals surface area contributed by atoms with Crippen LogP contribution in [0.5, 0.6) is 0 Å². The maximum Gasteiger partial charge on any atom is 0.451 e. The first kappa shape index (κ1) is 24.3. The molecule has 0 amide bonds. The molecule has 170 valence electrons. The molecule has 0 radical (unpaired) electrons. The molecular formula is C19H14ClF3N3O4S2-. The number of nitrogens with one attached hydrogen (secondary N) is 1. The third-order valence-corrected chi connectivity index (χ3v) is 6.63. The zero-order chi connectivity index (χ0) is 23.7. The highest BCUT2D eigenvalue weighted by Gasteiger charge is 2.36. The average molecular weight is 505 g/mol. The zero-order valence-electron chi connectivity index (χ0n) is 16.2. The minimum atomic E-state index is -4.86. The molecule has 3 rings (SSSR count). The molecule has 3 aromatic rings. The number of alkyl halides is 3. The summed E-state index contributed by atoms with van der Waals surface area (Å²) in [4.78, 5) is 6.97. The molecule has 7 nitrogen and oxygen atoms in total. The summed E-state index contributed by atoms with van der Waals surface area (Å²) in [5.41, 5.74) is 0.881. The Balaban J connectivity index is 2.19. The Morgan fingerprint density at radius 3 is 2.09 bits per heavy atom. The van der Waals surface area contributed by atoms with Crippen molar-refractivity contribution in [1.82, 2.24) is 14.7 Å². The van der Waals surface area contributed by atoms with Crippen LogP contribution in [0.25, 0.3) is 22.4 Å². The van der Waals surface area contributed by atoms with E-state index < -0.39 is 38.3 Å². The molecule has 0 aliphatic carbocycles. The largest absolute Gasteiger partial charge is 0.772 e. The van der Waals surface area contributed by atoms with Gasteiger partial charge in [0.05, 0.1) is 10.6 Å². The van der Waals surface area contributed by atoms with Crippen LogP contribution in [0.3, 0.4) is 0 Å². The summed E-state index contributed by atoms with van der Waals surface area (Å²) >= 11 is 3.79. The molecule has 0 saturated carbocycles. The lowest BCUT2D eigenvalue weighted by Gasteiger charge is -2.15. The Morgan fingerprint density at radius 2 is 1.59 bits per heavy atom. The fraction of sp³-hybridized carbons (Fsp3) is 0.158. The Morgan fingerprint density at radius 1 is 1.03 bits per heavy atom. The van der Waals surface area contributed by atoms with Gasteiger partial charge in [-0.3, -0.25) is 4.21 Å². The van der Waals surface area contributed by atoms with Crippen molar-refractivity contribution in [2.75, 3.05) is 7.05 Å². The van der Waals surface area contributed by atoms with Gasteiger partial charge in [-0.2, -0.15) is 13.2 Å². The van der Waals surface area contributed by atoms with Crippen molar-refractivity contribution in [3.63, 3.8) is 0 Å². The molecule has 1 atom stereocenters. The van der Waals surface area contributed by atoms with Gasteiger partial charge >= 0.3 is 6.18 Å². The minimum absolute atomic E-state index is 0.0516. The SMILES string of the molecule is CNS(=O)(=O)c1ccc(-c2c(Cl)nc(C(F)(F)F)nc2-c2ccc(CS(=O)[O-])cc2)cc1. The highest BCUT2D eigenvalue weighted by molar-refractivity contribution is 7.89. The topological polar surface area (TPSA) is 112 Å². The van der Waals surface area contributed by atoms with E-state index in [1.54, 1.807) is 0 Å². The van der Waals surface area contributed by atoms with Crippen LogP contribution < -0.4 is 4.72 Å². The molecule has 0 spiro atoms. The summed E-state index contributed by atoms with van der Waals surface area (Å²) in [7, 11) is -2.48. The predicted molar refractivity (Wildman–Crippen MR) is 112 cm³/mol. The Kier molecular flexibility index (Phi) is 7.00. The van der Waals surface area contributed by atoms with E-state index in [1.165, 1.54) is 55.6 Å². The first-order chi connectivity index (χ1) is 14.9. The number of hydrogen-bond donors (Lipinski definition) is 1. The summed E-state index contributed by atoms with van der Waals surface area (Å²) in [5.74, 6) is -1.70. The molecule has 13 heteroatoms. The van der Waals surface area contributed by atoms with Crippen molar-refractivity contribution in [2.45, 2.75) is 16.8 Å². The molecule has 1 N–H and O–H groups in total. The fourth-order valence-corrected chi connectivity index (χ4v) is 4.31. The van der Waals surface area contributed by atoms with E-state index in [9.17, 15) is 30.4 Å². The van der Waals surface area contributed by atoms with Gasteiger partial charge < -0.3 is 4.55 Å². The van der Waals surface area contributed by atoms with Crippen molar-refractivity contribution in [2.24, 2.45) is 0 Å². The number of rotatable bonds is 6. The van der Waals surface area contributed by atoms with E-state index in [2.05, 4.69) is 14.7 Å². The summed E-state index contributed by atoms with van der Waals surface area (Å²) < 4.78 is 87.7. The molecular weight excluding hydrogens is 491 g/mol. The molecule has 1 unspecified atom stereocenters. The third kappa shape index (κ3) is 5.33. The maximum atomic E-state index is 13.3. The second-order valence-electron chi connectivity index (χ2n) is 6.44. The van der Waals surface area contributed by atoms with Crippen LogP contribution in [0.2, 0.25) is 5.15 Å². The normalized spacial score (nSPS) is 13.2. The van der Waals surface area contributed by atoms with E-state index in [4.69, 9.17) is 11.6 Å². The van der Waals surface area contributed by atoms with Crippen LogP contribution >= 0.6 is 11.6 Å². The van der Waals surface area contributed by atoms with Crippen LogP contribution in [0.15, 0.2) is 53.4 Å². The highest BCUT2D eigenvalue weighted by atomic mass is 35.5. The molecule has 1 aromatic heterocycles. The number of aromatic nitrogens is 2. The standard InChI is InChI=1S/C19H15ClF3N3O4S2/c1-24-32(29,30)14-8-6-12(7-9-14)15-16(25-18(19(21,22)23)26-17(15)20)13-4-2-11(3-5-13)10-31(27)28/h2-9,24H,10H2,1H3,(H,27,28)/p-1. The molecule has 0 fully saturated rings. The molecule has 1 heterocycles. The van der Waals surface area contributed by atoms with Gasteiger partial charge in [-0.25, -0.2) is 23.1 Å². The molecule has 0 saturated heterocycles. The molecule has 0 aliphatic heterocycles. The molecule has 0 bridgehead atoms. The summed E-state index contributed by atoms with van der Waals surface area (Å²) in [6, 6.07) is 11.0. The Labute approximate surface area is 189 Å². The van der Waals surface area contributed by atoms with Gasteiger partial charge in [0.15, 0.2) is 0 Å². The van der Waals surface area contributed by atoms with Gasteiger partial charge in [-0.15, -0.1) is 0 Å². The van der Waals surface area contributed by atoms with E-state index in [0.717, 1.165) is 0 Å². The number of nitrogens with zero attached hydrogens (tertiary/aromatic N) is 2. The van der Waals surface area contributed by atoms with Gasteiger partial charge in [0.1, 0.15) is 5.15 Å². The van der Waals surface area contributed by atoms with Crippen molar-refractivity contribution in [3.05, 3.63) is 65.1 Å². The lowest BCUT2D eigenvalue weighted by atomic mass is 10.00.